The number of nitrogens with zero attached hydrogens (tertiary/aromatic N) is 2. The van der Waals surface area contributed by atoms with Crippen molar-refractivity contribution >= 4 is 63.5 Å². The smallest absolute Gasteiger partial charge is 0.318 e. The van der Waals surface area contributed by atoms with Crippen LogP contribution < -0.4 is 10.2 Å². The third kappa shape index (κ3) is 4.51. The predicted octanol–water partition coefficient (Wildman–Crippen LogP) is 5.55. The molecule has 2 heterocycles. The molecule has 5 nitrogen and oxygen atoms in total. The lowest BCUT2D eigenvalue weighted by atomic mass is 10.1. The Labute approximate surface area is 212 Å². The zero-order valence-corrected chi connectivity index (χ0v) is 20.9. The molecule has 174 valence electrons. The van der Waals surface area contributed by atoms with E-state index in [9.17, 15) is 22.8 Å². The molecule has 2 amide bonds. The van der Waals surface area contributed by atoms with Gasteiger partial charge in [-0.2, -0.15) is 13.2 Å². The third-order valence-corrected chi connectivity index (χ3v) is 6.39. The molecule has 0 aliphatic carbocycles. The molecular weight excluding hydrogens is 578 g/mol. The van der Waals surface area contributed by atoms with Gasteiger partial charge in [0.15, 0.2) is 5.11 Å². The summed E-state index contributed by atoms with van der Waals surface area (Å²) < 4.78 is 42.6. The monoisotopic (exact) mass is 595 g/mol. The Balaban J connectivity index is 1.75. The topological polar surface area (TPSA) is 54.3 Å². The molecule has 0 saturated carbocycles. The first kappa shape index (κ1) is 24.1. The van der Waals surface area contributed by atoms with Gasteiger partial charge in [-0.15, -0.1) is 0 Å². The summed E-state index contributed by atoms with van der Waals surface area (Å²) in [5, 5.41) is 2.12. The van der Waals surface area contributed by atoms with Crippen LogP contribution in [0.15, 0.2) is 60.2 Å². The van der Waals surface area contributed by atoms with Crippen LogP contribution in [-0.2, 0) is 15.8 Å². The largest absolute Gasteiger partial charge is 0.416 e. The van der Waals surface area contributed by atoms with Gasteiger partial charge in [0.1, 0.15) is 5.57 Å². The number of hydrogen-bond acceptors (Lipinski definition) is 3. The Bertz CT molecular complexity index is 1360. The molecule has 0 unspecified atom stereocenters. The third-order valence-electron chi connectivity index (χ3n) is 5.39. The maximum absolute atomic E-state index is 13.2. The molecule has 1 saturated heterocycles. The standard InChI is InChI=1S/C24H17F3IN3O2S/c1-13-10-15(14(2)30(13)18-8-6-17(28)7-9-18)11-20-21(32)29-23(34)31(22(20)33)19-5-3-4-16(12-19)24(25,26)27/h3-12H,1-2H3,(H,29,32,34)/b20-11-. The van der Waals surface area contributed by atoms with Gasteiger partial charge in [-0.1, -0.05) is 6.07 Å². The number of amides is 2. The molecule has 1 aliphatic heterocycles. The minimum atomic E-state index is -4.59. The van der Waals surface area contributed by atoms with E-state index in [0.29, 0.717) is 5.56 Å². The number of anilines is 1. The van der Waals surface area contributed by atoms with E-state index in [-0.39, 0.29) is 16.4 Å². The van der Waals surface area contributed by atoms with E-state index in [4.69, 9.17) is 12.2 Å². The van der Waals surface area contributed by atoms with Gasteiger partial charge < -0.3 is 4.57 Å². The highest BCUT2D eigenvalue weighted by molar-refractivity contribution is 14.1. The van der Waals surface area contributed by atoms with E-state index in [1.807, 2.05) is 48.7 Å². The van der Waals surface area contributed by atoms with Gasteiger partial charge in [-0.3, -0.25) is 19.8 Å². The van der Waals surface area contributed by atoms with Crippen molar-refractivity contribution in [2.75, 3.05) is 4.90 Å². The van der Waals surface area contributed by atoms with Gasteiger partial charge in [-0.25, -0.2) is 0 Å². The van der Waals surface area contributed by atoms with Crippen molar-refractivity contribution < 1.29 is 22.8 Å². The number of hydrogen-bond donors (Lipinski definition) is 1. The maximum atomic E-state index is 13.2. The molecule has 4 rings (SSSR count). The fraction of sp³-hybridized carbons (Fsp3) is 0.125. The summed E-state index contributed by atoms with van der Waals surface area (Å²) >= 11 is 7.32. The van der Waals surface area contributed by atoms with Gasteiger partial charge in [0.05, 0.1) is 11.3 Å². The molecule has 1 aromatic heterocycles. The van der Waals surface area contributed by atoms with Crippen LogP contribution in [0.1, 0.15) is 22.5 Å². The summed E-state index contributed by atoms with van der Waals surface area (Å²) in [6.45, 7) is 3.76. The molecule has 1 aliphatic rings. The highest BCUT2D eigenvalue weighted by atomic mass is 127. The molecule has 0 bridgehead atoms. The first-order chi connectivity index (χ1) is 16.0. The lowest BCUT2D eigenvalue weighted by Crippen LogP contribution is -2.54. The molecule has 0 spiro atoms. The second-order valence-corrected chi connectivity index (χ2v) is 9.28. The number of aryl methyl sites for hydroxylation is 1. The molecular formula is C24H17F3IN3O2S. The number of alkyl halides is 3. The summed E-state index contributed by atoms with van der Waals surface area (Å²) in [5.41, 5.74) is 2.00. The molecule has 1 N–H and O–H groups in total. The van der Waals surface area contributed by atoms with E-state index in [1.165, 1.54) is 18.2 Å². The van der Waals surface area contributed by atoms with Crippen molar-refractivity contribution in [2.45, 2.75) is 20.0 Å². The van der Waals surface area contributed by atoms with Crippen LogP contribution in [-0.4, -0.2) is 21.5 Å². The van der Waals surface area contributed by atoms with Crippen LogP contribution in [0.5, 0.6) is 0 Å². The number of nitrogens with one attached hydrogen (secondary N) is 1. The Morgan fingerprint density at radius 2 is 1.68 bits per heavy atom. The van der Waals surface area contributed by atoms with Crippen molar-refractivity contribution in [3.05, 3.63) is 86.3 Å². The Hall–Kier alpha value is -2.99. The molecule has 1 fully saturated rings. The van der Waals surface area contributed by atoms with Crippen LogP contribution in [0.3, 0.4) is 0 Å². The van der Waals surface area contributed by atoms with Gasteiger partial charge in [0, 0.05) is 20.6 Å². The highest BCUT2D eigenvalue weighted by Crippen LogP contribution is 2.33. The van der Waals surface area contributed by atoms with Crippen molar-refractivity contribution in [2.24, 2.45) is 0 Å². The summed E-state index contributed by atoms with van der Waals surface area (Å²) in [4.78, 5) is 26.8. The summed E-state index contributed by atoms with van der Waals surface area (Å²) in [6.07, 6.45) is -3.16. The number of carbonyl (C=O) groups excluding carboxylic acids is 2. The van der Waals surface area contributed by atoms with Crippen LogP contribution in [0.4, 0.5) is 18.9 Å². The van der Waals surface area contributed by atoms with Crippen LogP contribution in [0, 0.1) is 17.4 Å². The van der Waals surface area contributed by atoms with E-state index in [0.717, 1.165) is 37.7 Å². The number of rotatable bonds is 3. The second-order valence-electron chi connectivity index (χ2n) is 7.64. The number of thiocarbonyl (C=S) groups is 1. The Morgan fingerprint density at radius 1 is 1.00 bits per heavy atom. The van der Waals surface area contributed by atoms with Crippen LogP contribution in [0.25, 0.3) is 11.8 Å². The van der Waals surface area contributed by atoms with Gasteiger partial charge in [-0.05, 0) is 109 Å². The fourth-order valence-electron chi connectivity index (χ4n) is 3.79. The lowest BCUT2D eigenvalue weighted by Gasteiger charge is -2.29. The normalized spacial score (nSPS) is 15.8. The molecule has 3 aromatic rings. The minimum Gasteiger partial charge on any atom is -0.318 e. The zero-order valence-electron chi connectivity index (χ0n) is 17.9. The average Bonchev–Trinajstić information content (AvgIpc) is 3.04. The summed E-state index contributed by atoms with van der Waals surface area (Å²) in [5.74, 6) is -1.51. The van der Waals surface area contributed by atoms with Crippen LogP contribution >= 0.6 is 34.8 Å². The predicted molar refractivity (Wildman–Crippen MR) is 136 cm³/mol. The number of halogens is 4. The molecule has 0 atom stereocenters. The van der Waals surface area contributed by atoms with Gasteiger partial charge in [0.2, 0.25) is 0 Å². The molecule has 0 radical (unpaired) electrons. The quantitative estimate of drug-likeness (QED) is 0.187. The number of aromatic nitrogens is 1. The minimum absolute atomic E-state index is 0.0833. The lowest BCUT2D eigenvalue weighted by molar-refractivity contribution is -0.137. The Morgan fingerprint density at radius 3 is 2.32 bits per heavy atom. The van der Waals surface area contributed by atoms with Crippen molar-refractivity contribution in [3.8, 4) is 5.69 Å². The van der Waals surface area contributed by atoms with Crippen molar-refractivity contribution in [3.63, 3.8) is 0 Å². The van der Waals surface area contributed by atoms with Gasteiger partial charge >= 0.3 is 6.18 Å². The van der Waals surface area contributed by atoms with Crippen molar-refractivity contribution in [1.82, 2.24) is 9.88 Å². The van der Waals surface area contributed by atoms with Crippen molar-refractivity contribution in [1.29, 1.82) is 0 Å². The van der Waals surface area contributed by atoms with E-state index < -0.39 is 23.6 Å². The second kappa shape index (κ2) is 8.99. The van der Waals surface area contributed by atoms with E-state index in [1.54, 1.807) is 0 Å². The first-order valence-corrected chi connectivity index (χ1v) is 11.5. The average molecular weight is 595 g/mol. The number of carbonyl (C=O) groups is 2. The number of benzene rings is 2. The highest BCUT2D eigenvalue weighted by Gasteiger charge is 2.36. The van der Waals surface area contributed by atoms with Gasteiger partial charge in [0.25, 0.3) is 11.8 Å². The molecule has 2 aromatic carbocycles. The maximum Gasteiger partial charge on any atom is 0.416 e. The molecule has 34 heavy (non-hydrogen) atoms. The summed E-state index contributed by atoms with van der Waals surface area (Å²) in [7, 11) is 0. The SMILES string of the molecule is Cc1cc(/C=C2/C(=O)NC(=S)N(c3cccc(C(F)(F)F)c3)C2=O)c(C)n1-c1ccc(I)cc1. The molecule has 10 heteroatoms. The summed E-state index contributed by atoms with van der Waals surface area (Å²) in [6, 6.07) is 13.9. The van der Waals surface area contributed by atoms with Crippen LogP contribution in [0.2, 0.25) is 0 Å². The zero-order chi connectivity index (χ0) is 24.8. The fourth-order valence-corrected chi connectivity index (χ4v) is 4.43. The van der Waals surface area contributed by atoms with E-state index >= 15 is 0 Å². The first-order valence-electron chi connectivity index (χ1n) is 10.0. The van der Waals surface area contributed by atoms with E-state index in [2.05, 4.69) is 27.9 Å². The Kier molecular flexibility index (Phi) is 6.38.